The molecule has 0 atom stereocenters. The van der Waals surface area contributed by atoms with Gasteiger partial charge in [0.15, 0.2) is 0 Å². The summed E-state index contributed by atoms with van der Waals surface area (Å²) in [4.78, 5) is 12.9. The van der Waals surface area contributed by atoms with E-state index in [1.165, 1.54) is 11.3 Å². The molecule has 0 aromatic carbocycles. The smallest absolute Gasteiger partial charge is 0.230 e. The van der Waals surface area contributed by atoms with Gasteiger partial charge < -0.3 is 9.64 Å². The molecule has 2 aliphatic heterocycles. The summed E-state index contributed by atoms with van der Waals surface area (Å²) >= 11 is 0. The molecule has 0 saturated heterocycles. The molecule has 0 unspecified atom stereocenters. The van der Waals surface area contributed by atoms with Crippen LogP contribution in [0.1, 0.15) is 12.8 Å². The number of nitrogens with zero attached hydrogens (tertiary/aromatic N) is 1. The van der Waals surface area contributed by atoms with Gasteiger partial charge >= 0.3 is 0 Å². The van der Waals surface area contributed by atoms with Gasteiger partial charge in [0.2, 0.25) is 5.91 Å². The van der Waals surface area contributed by atoms with Crippen molar-refractivity contribution >= 4 is 5.91 Å². The topological polar surface area (TPSA) is 29.5 Å². The third-order valence-corrected chi connectivity index (χ3v) is 2.31. The highest BCUT2D eigenvalue weighted by atomic mass is 16.5. The van der Waals surface area contributed by atoms with Crippen LogP contribution in [0.15, 0.2) is 11.3 Å². The van der Waals surface area contributed by atoms with Crippen molar-refractivity contribution in [3.05, 3.63) is 11.3 Å². The predicted molar refractivity (Wildman–Crippen MR) is 39.8 cm³/mol. The molecule has 2 heterocycles. The SMILES string of the molecule is CN1C(=O)CC2=C1CCOC2. The minimum atomic E-state index is 0.209. The molecular weight excluding hydrogens is 142 g/mol. The normalized spacial score (nSPS) is 24.5. The second-order valence-corrected chi connectivity index (χ2v) is 2.98. The minimum Gasteiger partial charge on any atom is -0.377 e. The van der Waals surface area contributed by atoms with Gasteiger partial charge in [-0.2, -0.15) is 0 Å². The molecule has 11 heavy (non-hydrogen) atoms. The van der Waals surface area contributed by atoms with Crippen molar-refractivity contribution in [2.24, 2.45) is 0 Å². The summed E-state index contributed by atoms with van der Waals surface area (Å²) in [5.41, 5.74) is 2.38. The van der Waals surface area contributed by atoms with Crippen LogP contribution in [0.2, 0.25) is 0 Å². The highest BCUT2D eigenvalue weighted by molar-refractivity contribution is 5.84. The Labute approximate surface area is 65.6 Å². The standard InChI is InChI=1S/C8H11NO2/c1-9-7-2-3-11-5-6(7)4-8(9)10/h2-5H2,1H3. The van der Waals surface area contributed by atoms with Crippen molar-refractivity contribution in [3.63, 3.8) is 0 Å². The van der Waals surface area contributed by atoms with E-state index in [-0.39, 0.29) is 5.91 Å². The Morgan fingerprint density at radius 2 is 2.36 bits per heavy atom. The summed E-state index contributed by atoms with van der Waals surface area (Å²) in [5.74, 6) is 0.209. The molecular formula is C8H11NO2. The van der Waals surface area contributed by atoms with Crippen LogP contribution in [0.4, 0.5) is 0 Å². The molecule has 60 valence electrons. The molecule has 0 spiro atoms. The van der Waals surface area contributed by atoms with Crippen molar-refractivity contribution in [1.29, 1.82) is 0 Å². The second-order valence-electron chi connectivity index (χ2n) is 2.98. The van der Waals surface area contributed by atoms with Crippen molar-refractivity contribution in [1.82, 2.24) is 4.90 Å². The third-order valence-electron chi connectivity index (χ3n) is 2.31. The van der Waals surface area contributed by atoms with Crippen LogP contribution in [0, 0.1) is 0 Å². The van der Waals surface area contributed by atoms with E-state index in [2.05, 4.69) is 0 Å². The van der Waals surface area contributed by atoms with Crippen LogP contribution in [0.3, 0.4) is 0 Å². The third kappa shape index (κ3) is 0.959. The lowest BCUT2D eigenvalue weighted by atomic mass is 10.1. The van der Waals surface area contributed by atoms with E-state index in [0.29, 0.717) is 13.0 Å². The zero-order chi connectivity index (χ0) is 7.84. The Morgan fingerprint density at radius 1 is 1.55 bits per heavy atom. The summed E-state index contributed by atoms with van der Waals surface area (Å²) < 4.78 is 5.24. The number of carbonyl (C=O) groups is 1. The van der Waals surface area contributed by atoms with Crippen molar-refractivity contribution in [2.75, 3.05) is 20.3 Å². The Kier molecular flexibility index (Phi) is 1.46. The van der Waals surface area contributed by atoms with E-state index >= 15 is 0 Å². The lowest BCUT2D eigenvalue weighted by Crippen LogP contribution is -2.21. The van der Waals surface area contributed by atoms with Crippen LogP contribution in [0.5, 0.6) is 0 Å². The van der Waals surface area contributed by atoms with E-state index in [0.717, 1.165) is 13.0 Å². The largest absolute Gasteiger partial charge is 0.377 e. The van der Waals surface area contributed by atoms with E-state index in [1.54, 1.807) is 4.90 Å². The van der Waals surface area contributed by atoms with Gasteiger partial charge in [-0.3, -0.25) is 4.79 Å². The van der Waals surface area contributed by atoms with E-state index < -0.39 is 0 Å². The lowest BCUT2D eigenvalue weighted by Gasteiger charge is -2.18. The summed E-state index contributed by atoms with van der Waals surface area (Å²) in [5, 5.41) is 0. The zero-order valence-electron chi connectivity index (χ0n) is 6.59. The highest BCUT2D eigenvalue weighted by Gasteiger charge is 2.28. The molecule has 0 saturated carbocycles. The Balaban J connectivity index is 2.27. The molecule has 0 fully saturated rings. The quantitative estimate of drug-likeness (QED) is 0.508. The van der Waals surface area contributed by atoms with Gasteiger partial charge in [-0.1, -0.05) is 0 Å². The van der Waals surface area contributed by atoms with Crippen LogP contribution >= 0.6 is 0 Å². The fraction of sp³-hybridized carbons (Fsp3) is 0.625. The van der Waals surface area contributed by atoms with Crippen LogP contribution < -0.4 is 0 Å². The summed E-state index contributed by atoms with van der Waals surface area (Å²) in [6.07, 6.45) is 1.48. The van der Waals surface area contributed by atoms with Gasteiger partial charge in [-0.05, 0) is 5.57 Å². The first kappa shape index (κ1) is 6.85. The Bertz CT molecular complexity index is 232. The van der Waals surface area contributed by atoms with Gasteiger partial charge in [0, 0.05) is 19.2 Å². The summed E-state index contributed by atoms with van der Waals surface area (Å²) in [6, 6.07) is 0. The number of rotatable bonds is 0. The monoisotopic (exact) mass is 153 g/mol. The fourth-order valence-electron chi connectivity index (χ4n) is 1.63. The second kappa shape index (κ2) is 2.34. The first-order chi connectivity index (χ1) is 5.29. The molecule has 3 heteroatoms. The van der Waals surface area contributed by atoms with Gasteiger partial charge in [0.05, 0.1) is 19.6 Å². The van der Waals surface area contributed by atoms with Gasteiger partial charge in [0.1, 0.15) is 0 Å². The molecule has 0 bridgehead atoms. The van der Waals surface area contributed by atoms with Gasteiger partial charge in [-0.25, -0.2) is 0 Å². The maximum absolute atomic E-state index is 11.2. The van der Waals surface area contributed by atoms with E-state index in [1.807, 2.05) is 7.05 Å². The van der Waals surface area contributed by atoms with E-state index in [9.17, 15) is 4.79 Å². The molecule has 0 aromatic heterocycles. The molecule has 0 aliphatic carbocycles. The van der Waals surface area contributed by atoms with Crippen LogP contribution in [-0.2, 0) is 9.53 Å². The molecule has 0 aromatic rings. The lowest BCUT2D eigenvalue weighted by molar-refractivity contribution is -0.126. The summed E-state index contributed by atoms with van der Waals surface area (Å²) in [6.45, 7) is 1.42. The number of hydrogen-bond donors (Lipinski definition) is 0. The highest BCUT2D eigenvalue weighted by Crippen LogP contribution is 2.27. The number of carbonyl (C=O) groups excluding carboxylic acids is 1. The van der Waals surface area contributed by atoms with Crippen molar-refractivity contribution in [3.8, 4) is 0 Å². The molecule has 0 N–H and O–H groups in total. The molecule has 2 rings (SSSR count). The number of ether oxygens (including phenoxy) is 1. The van der Waals surface area contributed by atoms with Crippen molar-refractivity contribution < 1.29 is 9.53 Å². The van der Waals surface area contributed by atoms with E-state index in [4.69, 9.17) is 4.74 Å². The minimum absolute atomic E-state index is 0.209. The Morgan fingerprint density at radius 3 is 3.09 bits per heavy atom. The summed E-state index contributed by atoms with van der Waals surface area (Å²) in [7, 11) is 1.84. The molecule has 1 amide bonds. The fourth-order valence-corrected chi connectivity index (χ4v) is 1.63. The maximum atomic E-state index is 11.2. The maximum Gasteiger partial charge on any atom is 0.230 e. The first-order valence-electron chi connectivity index (χ1n) is 3.84. The Hall–Kier alpha value is -0.830. The van der Waals surface area contributed by atoms with Gasteiger partial charge in [0.25, 0.3) is 0 Å². The predicted octanol–water partition coefficient (Wildman–Crippen LogP) is 0.523. The van der Waals surface area contributed by atoms with Gasteiger partial charge in [-0.15, -0.1) is 0 Å². The number of hydrogen-bond acceptors (Lipinski definition) is 2. The average molecular weight is 153 g/mol. The first-order valence-corrected chi connectivity index (χ1v) is 3.84. The molecule has 0 radical (unpaired) electrons. The average Bonchev–Trinajstić information content (AvgIpc) is 2.30. The van der Waals surface area contributed by atoms with Crippen LogP contribution in [0.25, 0.3) is 0 Å². The van der Waals surface area contributed by atoms with Crippen molar-refractivity contribution in [2.45, 2.75) is 12.8 Å². The zero-order valence-corrected chi connectivity index (χ0v) is 6.59. The molecule has 2 aliphatic rings. The van der Waals surface area contributed by atoms with Crippen LogP contribution in [-0.4, -0.2) is 31.1 Å². The molecule has 3 nitrogen and oxygen atoms in total. The number of amides is 1.